The summed E-state index contributed by atoms with van der Waals surface area (Å²) in [6, 6.07) is 11.1. The molecule has 0 aliphatic carbocycles. The minimum absolute atomic E-state index is 0.0766. The highest BCUT2D eigenvalue weighted by Crippen LogP contribution is 2.26. The maximum absolute atomic E-state index is 12.4. The Labute approximate surface area is 170 Å². The van der Waals surface area contributed by atoms with E-state index in [9.17, 15) is 13.2 Å². The van der Waals surface area contributed by atoms with Crippen molar-refractivity contribution in [2.75, 3.05) is 10.0 Å². The van der Waals surface area contributed by atoms with Crippen molar-refractivity contribution in [1.82, 2.24) is 4.98 Å². The number of benzene rings is 2. The molecule has 0 spiro atoms. The average molecular weight is 442 g/mol. The van der Waals surface area contributed by atoms with Gasteiger partial charge in [0.2, 0.25) is 0 Å². The van der Waals surface area contributed by atoms with Gasteiger partial charge in [-0.25, -0.2) is 13.4 Å². The van der Waals surface area contributed by atoms with Crippen LogP contribution < -0.4 is 10.0 Å². The van der Waals surface area contributed by atoms with Gasteiger partial charge < -0.3 is 5.32 Å². The van der Waals surface area contributed by atoms with Gasteiger partial charge in [0, 0.05) is 11.1 Å². The smallest absolute Gasteiger partial charge is 0.275 e. The first-order valence-corrected chi connectivity index (χ1v) is 10.7. The fraction of sp³-hybridized carbons (Fsp3) is 0.0588. The number of aromatic nitrogens is 1. The molecule has 0 radical (unpaired) electrons. The highest BCUT2D eigenvalue weighted by atomic mass is 35.5. The fourth-order valence-electron chi connectivity index (χ4n) is 2.09. The van der Waals surface area contributed by atoms with Gasteiger partial charge in [-0.2, -0.15) is 0 Å². The van der Waals surface area contributed by atoms with Crippen LogP contribution in [0.2, 0.25) is 10.0 Å². The highest BCUT2D eigenvalue weighted by Gasteiger charge is 2.18. The average Bonchev–Trinajstić information content (AvgIpc) is 3.06. The van der Waals surface area contributed by atoms with Crippen molar-refractivity contribution in [3.05, 3.63) is 69.1 Å². The second-order valence-corrected chi connectivity index (χ2v) is 8.89. The Morgan fingerprint density at radius 1 is 1.07 bits per heavy atom. The number of aryl methyl sites for hydroxylation is 1. The van der Waals surface area contributed by atoms with Crippen molar-refractivity contribution < 1.29 is 13.2 Å². The van der Waals surface area contributed by atoms with E-state index in [-0.39, 0.29) is 15.7 Å². The third-order valence-corrected chi connectivity index (χ3v) is 6.45. The summed E-state index contributed by atoms with van der Waals surface area (Å²) >= 11 is 12.8. The summed E-state index contributed by atoms with van der Waals surface area (Å²) in [5.41, 5.74) is 1.47. The molecule has 0 aliphatic rings. The zero-order chi connectivity index (χ0) is 19.6. The Bertz CT molecular complexity index is 1100. The van der Waals surface area contributed by atoms with Gasteiger partial charge in [0.15, 0.2) is 5.13 Å². The van der Waals surface area contributed by atoms with Gasteiger partial charge in [-0.1, -0.05) is 40.9 Å². The van der Waals surface area contributed by atoms with Crippen LogP contribution in [0.25, 0.3) is 0 Å². The van der Waals surface area contributed by atoms with Gasteiger partial charge in [-0.05, 0) is 37.3 Å². The van der Waals surface area contributed by atoms with Crippen LogP contribution in [0.15, 0.2) is 52.7 Å². The molecule has 2 aromatic carbocycles. The topological polar surface area (TPSA) is 88.2 Å². The first-order valence-electron chi connectivity index (χ1n) is 7.56. The van der Waals surface area contributed by atoms with Crippen molar-refractivity contribution in [2.24, 2.45) is 0 Å². The van der Waals surface area contributed by atoms with E-state index in [1.54, 1.807) is 24.3 Å². The zero-order valence-corrected chi connectivity index (χ0v) is 17.0. The van der Waals surface area contributed by atoms with Gasteiger partial charge in [-0.15, -0.1) is 11.3 Å². The maximum Gasteiger partial charge on any atom is 0.275 e. The van der Waals surface area contributed by atoms with Crippen LogP contribution >= 0.6 is 34.5 Å². The number of rotatable bonds is 5. The first kappa shape index (κ1) is 19.6. The van der Waals surface area contributed by atoms with Crippen LogP contribution in [-0.4, -0.2) is 19.3 Å². The predicted molar refractivity (Wildman–Crippen MR) is 109 cm³/mol. The van der Waals surface area contributed by atoms with Crippen LogP contribution in [0.4, 0.5) is 10.8 Å². The standard InChI is InChI=1S/C17H13Cl2N3O3S2/c1-10-2-5-12(6-3-10)27(24,25)22-17-21-15(9-26-17)16(23)20-11-4-7-13(18)14(19)8-11/h2-9H,1H3,(H,20,23)(H,21,22). The lowest BCUT2D eigenvalue weighted by molar-refractivity contribution is 0.102. The Balaban J connectivity index is 1.73. The van der Waals surface area contributed by atoms with E-state index in [1.807, 2.05) is 6.92 Å². The van der Waals surface area contributed by atoms with Gasteiger partial charge in [0.05, 0.1) is 14.9 Å². The summed E-state index contributed by atoms with van der Waals surface area (Å²) in [7, 11) is -3.78. The van der Waals surface area contributed by atoms with Crippen molar-refractivity contribution >= 4 is 61.3 Å². The fourth-order valence-corrected chi connectivity index (χ4v) is 4.33. The molecule has 0 saturated carbocycles. The summed E-state index contributed by atoms with van der Waals surface area (Å²) in [6.45, 7) is 1.86. The van der Waals surface area contributed by atoms with Gasteiger partial charge >= 0.3 is 0 Å². The number of carbonyl (C=O) groups is 1. The predicted octanol–water partition coefficient (Wildman–Crippen LogP) is 4.81. The third-order valence-electron chi connectivity index (χ3n) is 3.47. The van der Waals surface area contributed by atoms with Crippen LogP contribution in [0.1, 0.15) is 16.1 Å². The SMILES string of the molecule is Cc1ccc(S(=O)(=O)Nc2nc(C(=O)Nc3ccc(Cl)c(Cl)c3)cs2)cc1. The van der Waals surface area contributed by atoms with Crippen molar-refractivity contribution in [1.29, 1.82) is 0 Å². The van der Waals surface area contributed by atoms with E-state index < -0.39 is 15.9 Å². The lowest BCUT2D eigenvalue weighted by Gasteiger charge is -2.06. The molecule has 27 heavy (non-hydrogen) atoms. The lowest BCUT2D eigenvalue weighted by Crippen LogP contribution is -2.14. The number of nitrogens with one attached hydrogen (secondary N) is 2. The monoisotopic (exact) mass is 441 g/mol. The number of amides is 1. The van der Waals surface area contributed by atoms with Crippen molar-refractivity contribution in [2.45, 2.75) is 11.8 Å². The van der Waals surface area contributed by atoms with E-state index in [0.717, 1.165) is 16.9 Å². The number of hydrogen-bond donors (Lipinski definition) is 2. The van der Waals surface area contributed by atoms with Gasteiger partial charge in [0.1, 0.15) is 5.69 Å². The van der Waals surface area contributed by atoms with Crippen molar-refractivity contribution in [3.8, 4) is 0 Å². The molecule has 1 aromatic heterocycles. The lowest BCUT2D eigenvalue weighted by atomic mass is 10.2. The van der Waals surface area contributed by atoms with E-state index in [0.29, 0.717) is 15.7 Å². The molecular weight excluding hydrogens is 429 g/mol. The number of nitrogens with zero attached hydrogens (tertiary/aromatic N) is 1. The van der Waals surface area contributed by atoms with Crippen LogP contribution in [0.5, 0.6) is 0 Å². The molecule has 6 nitrogen and oxygen atoms in total. The third kappa shape index (κ3) is 4.78. The van der Waals surface area contributed by atoms with Crippen molar-refractivity contribution in [3.63, 3.8) is 0 Å². The molecule has 0 unspecified atom stereocenters. The van der Waals surface area contributed by atoms with Crippen LogP contribution in [-0.2, 0) is 10.0 Å². The number of sulfonamides is 1. The zero-order valence-electron chi connectivity index (χ0n) is 13.9. The molecule has 0 saturated heterocycles. The summed E-state index contributed by atoms with van der Waals surface area (Å²) in [5, 5.41) is 4.85. The molecule has 0 atom stereocenters. The number of halogens is 2. The molecule has 3 rings (SSSR count). The minimum Gasteiger partial charge on any atom is -0.321 e. The first-order chi connectivity index (χ1) is 12.7. The Kier molecular flexibility index (Phi) is 5.71. The summed E-state index contributed by atoms with van der Waals surface area (Å²) in [6.07, 6.45) is 0. The molecule has 3 aromatic rings. The normalized spacial score (nSPS) is 11.2. The molecule has 10 heteroatoms. The van der Waals surface area contributed by atoms with E-state index in [4.69, 9.17) is 23.2 Å². The Morgan fingerprint density at radius 3 is 2.44 bits per heavy atom. The molecule has 1 amide bonds. The second kappa shape index (κ2) is 7.85. The molecule has 0 fully saturated rings. The van der Waals surface area contributed by atoms with E-state index in [2.05, 4.69) is 15.0 Å². The number of thiazole rings is 1. The Morgan fingerprint density at radius 2 is 1.78 bits per heavy atom. The van der Waals surface area contributed by atoms with E-state index >= 15 is 0 Å². The van der Waals surface area contributed by atoms with E-state index in [1.165, 1.54) is 23.6 Å². The highest BCUT2D eigenvalue weighted by molar-refractivity contribution is 7.93. The molecule has 2 N–H and O–H groups in total. The second-order valence-electron chi connectivity index (χ2n) is 5.54. The summed E-state index contributed by atoms with van der Waals surface area (Å²) < 4.78 is 27.1. The molecule has 140 valence electrons. The number of carbonyl (C=O) groups excluding carboxylic acids is 1. The molecule has 0 aliphatic heterocycles. The largest absolute Gasteiger partial charge is 0.321 e. The van der Waals surface area contributed by atoms with Crippen LogP contribution in [0.3, 0.4) is 0 Å². The molecule has 0 bridgehead atoms. The Hall–Kier alpha value is -2.13. The summed E-state index contributed by atoms with van der Waals surface area (Å²) in [5.74, 6) is -0.495. The molecular formula is C17H13Cl2N3O3S2. The number of anilines is 2. The quantitative estimate of drug-likeness (QED) is 0.594. The van der Waals surface area contributed by atoms with Crippen LogP contribution in [0, 0.1) is 6.92 Å². The summed E-state index contributed by atoms with van der Waals surface area (Å²) in [4.78, 5) is 16.4. The van der Waals surface area contributed by atoms with Gasteiger partial charge in [-0.3, -0.25) is 9.52 Å². The molecule has 1 heterocycles. The van der Waals surface area contributed by atoms with Gasteiger partial charge in [0.25, 0.3) is 15.9 Å². The minimum atomic E-state index is -3.78. The number of hydrogen-bond acceptors (Lipinski definition) is 5. The maximum atomic E-state index is 12.4.